The molecule has 0 bridgehead atoms. The van der Waals surface area contributed by atoms with Crippen LogP contribution >= 0.6 is 0 Å². The van der Waals surface area contributed by atoms with E-state index in [1.807, 2.05) is 61.5 Å². The zero-order valence-corrected chi connectivity index (χ0v) is 13.8. The van der Waals surface area contributed by atoms with E-state index in [9.17, 15) is 4.79 Å². The Hall–Kier alpha value is -3.41. The van der Waals surface area contributed by atoms with Gasteiger partial charge in [0.2, 0.25) is 5.89 Å². The molecule has 0 saturated carbocycles. The van der Waals surface area contributed by atoms with Crippen LogP contribution in [0, 0.1) is 0 Å². The first-order valence-electron chi connectivity index (χ1n) is 7.76. The summed E-state index contributed by atoms with van der Waals surface area (Å²) in [4.78, 5) is 14.2. The van der Waals surface area contributed by atoms with Gasteiger partial charge < -0.3 is 13.7 Å². The van der Waals surface area contributed by atoms with Gasteiger partial charge in [-0.1, -0.05) is 18.2 Å². The molecule has 2 aromatic heterocycles. The van der Waals surface area contributed by atoms with Crippen molar-refractivity contribution in [3.8, 4) is 22.9 Å². The SMILES string of the molecule is CN(C)c1ccc(-c2nnc(-c3cc4ccccc4oc3=O)o2)cc1. The molecule has 4 rings (SSSR count). The van der Waals surface area contributed by atoms with E-state index in [0.717, 1.165) is 16.6 Å². The molecule has 0 aliphatic heterocycles. The minimum absolute atomic E-state index is 0.145. The highest BCUT2D eigenvalue weighted by atomic mass is 16.4. The largest absolute Gasteiger partial charge is 0.422 e. The van der Waals surface area contributed by atoms with Gasteiger partial charge in [0.1, 0.15) is 11.1 Å². The molecule has 0 fully saturated rings. The number of fused-ring (bicyclic) bond motifs is 1. The molecule has 0 radical (unpaired) electrons. The number of aromatic nitrogens is 2. The van der Waals surface area contributed by atoms with Crippen molar-refractivity contribution in [1.29, 1.82) is 0 Å². The van der Waals surface area contributed by atoms with Crippen LogP contribution in [-0.2, 0) is 0 Å². The Labute approximate surface area is 143 Å². The second kappa shape index (κ2) is 5.90. The first-order chi connectivity index (χ1) is 12.1. The molecule has 4 aromatic rings. The summed E-state index contributed by atoms with van der Waals surface area (Å²) in [5.41, 5.74) is 2.13. The van der Waals surface area contributed by atoms with Gasteiger partial charge in [-0.05, 0) is 36.4 Å². The second-order valence-electron chi connectivity index (χ2n) is 5.84. The van der Waals surface area contributed by atoms with Gasteiger partial charge in [-0.2, -0.15) is 0 Å². The van der Waals surface area contributed by atoms with Gasteiger partial charge >= 0.3 is 5.63 Å². The Morgan fingerprint density at radius 2 is 1.60 bits per heavy atom. The van der Waals surface area contributed by atoms with Crippen molar-refractivity contribution >= 4 is 16.7 Å². The van der Waals surface area contributed by atoms with Gasteiger partial charge in [-0.3, -0.25) is 0 Å². The first-order valence-corrected chi connectivity index (χ1v) is 7.76. The summed E-state index contributed by atoms with van der Waals surface area (Å²) in [5.74, 6) is 0.499. The molecule has 0 aliphatic carbocycles. The lowest BCUT2D eigenvalue weighted by Crippen LogP contribution is -2.07. The van der Waals surface area contributed by atoms with E-state index in [2.05, 4.69) is 10.2 Å². The maximum Gasteiger partial charge on any atom is 0.349 e. The highest BCUT2D eigenvalue weighted by Gasteiger charge is 2.15. The van der Waals surface area contributed by atoms with Crippen LogP contribution in [0.1, 0.15) is 0 Å². The maximum atomic E-state index is 12.2. The zero-order chi connectivity index (χ0) is 17.4. The Balaban J connectivity index is 1.74. The van der Waals surface area contributed by atoms with Gasteiger partial charge in [-0.15, -0.1) is 10.2 Å². The fourth-order valence-corrected chi connectivity index (χ4v) is 2.56. The number of benzene rings is 2. The molecule has 124 valence electrons. The fourth-order valence-electron chi connectivity index (χ4n) is 2.56. The smallest absolute Gasteiger partial charge is 0.349 e. The van der Waals surface area contributed by atoms with Crippen molar-refractivity contribution in [3.63, 3.8) is 0 Å². The number of hydrogen-bond acceptors (Lipinski definition) is 6. The summed E-state index contributed by atoms with van der Waals surface area (Å²) in [7, 11) is 3.94. The van der Waals surface area contributed by atoms with Crippen molar-refractivity contribution in [3.05, 3.63) is 65.0 Å². The molecule has 2 heterocycles. The third-order valence-corrected chi connectivity index (χ3v) is 3.93. The third kappa shape index (κ3) is 2.78. The Morgan fingerprint density at radius 1 is 0.880 bits per heavy atom. The van der Waals surface area contributed by atoms with E-state index in [0.29, 0.717) is 11.5 Å². The van der Waals surface area contributed by atoms with Crippen LogP contribution in [0.5, 0.6) is 0 Å². The number of hydrogen-bond donors (Lipinski definition) is 0. The van der Waals surface area contributed by atoms with E-state index in [1.54, 1.807) is 12.1 Å². The molecule has 2 aromatic carbocycles. The molecule has 25 heavy (non-hydrogen) atoms. The van der Waals surface area contributed by atoms with E-state index < -0.39 is 5.63 Å². The topological polar surface area (TPSA) is 72.4 Å². The number of nitrogens with zero attached hydrogens (tertiary/aromatic N) is 3. The molecule has 0 aliphatic rings. The molecular weight excluding hydrogens is 318 g/mol. The van der Waals surface area contributed by atoms with Crippen LogP contribution in [0.2, 0.25) is 0 Å². The van der Waals surface area contributed by atoms with Crippen LogP contribution in [-0.4, -0.2) is 24.3 Å². The first kappa shape index (κ1) is 15.1. The highest BCUT2D eigenvalue weighted by Crippen LogP contribution is 2.25. The summed E-state index contributed by atoms with van der Waals surface area (Å²) in [6.07, 6.45) is 0. The highest BCUT2D eigenvalue weighted by molar-refractivity contribution is 5.80. The molecule has 0 N–H and O–H groups in total. The normalized spacial score (nSPS) is 11.0. The fraction of sp³-hybridized carbons (Fsp3) is 0.105. The second-order valence-corrected chi connectivity index (χ2v) is 5.84. The van der Waals surface area contributed by atoms with E-state index >= 15 is 0 Å². The van der Waals surface area contributed by atoms with Crippen LogP contribution in [0.3, 0.4) is 0 Å². The lowest BCUT2D eigenvalue weighted by Gasteiger charge is -2.11. The summed E-state index contributed by atoms with van der Waals surface area (Å²) in [6.45, 7) is 0. The quantitative estimate of drug-likeness (QED) is 0.534. The average Bonchev–Trinajstić information content (AvgIpc) is 3.11. The van der Waals surface area contributed by atoms with Crippen molar-refractivity contribution in [2.45, 2.75) is 0 Å². The minimum Gasteiger partial charge on any atom is -0.422 e. The summed E-state index contributed by atoms with van der Waals surface area (Å²) >= 11 is 0. The lowest BCUT2D eigenvalue weighted by molar-refractivity contribution is 0.547. The predicted octanol–water partition coefficient (Wildman–Crippen LogP) is 3.58. The summed E-state index contributed by atoms with van der Waals surface area (Å²) in [5, 5.41) is 8.85. The summed E-state index contributed by atoms with van der Waals surface area (Å²) in [6, 6.07) is 16.7. The Kier molecular flexibility index (Phi) is 3.57. The Morgan fingerprint density at radius 3 is 2.36 bits per heavy atom. The van der Waals surface area contributed by atoms with Crippen LogP contribution < -0.4 is 10.5 Å². The van der Waals surface area contributed by atoms with Crippen molar-refractivity contribution in [2.24, 2.45) is 0 Å². The van der Waals surface area contributed by atoms with Crippen molar-refractivity contribution in [1.82, 2.24) is 10.2 Å². The molecule has 6 heteroatoms. The number of rotatable bonds is 3. The minimum atomic E-state index is -0.503. The number of anilines is 1. The number of para-hydroxylation sites is 1. The third-order valence-electron chi connectivity index (χ3n) is 3.93. The van der Waals surface area contributed by atoms with E-state index in [-0.39, 0.29) is 11.5 Å². The molecule has 0 atom stereocenters. The standard InChI is InChI=1S/C19H15N3O3/c1-22(2)14-9-7-12(8-10-14)17-20-21-18(25-17)15-11-13-5-3-4-6-16(13)24-19(15)23/h3-11H,1-2H3. The predicted molar refractivity (Wildman–Crippen MR) is 95.5 cm³/mol. The average molecular weight is 333 g/mol. The van der Waals surface area contributed by atoms with Crippen LogP contribution in [0.25, 0.3) is 33.9 Å². The molecular formula is C19H15N3O3. The van der Waals surface area contributed by atoms with Crippen molar-refractivity contribution < 1.29 is 8.83 Å². The van der Waals surface area contributed by atoms with Gasteiger partial charge in [-0.25, -0.2) is 4.79 Å². The molecule has 0 unspecified atom stereocenters. The Bertz CT molecular complexity index is 1090. The van der Waals surface area contributed by atoms with Crippen LogP contribution in [0.15, 0.2) is 68.2 Å². The van der Waals surface area contributed by atoms with E-state index in [4.69, 9.17) is 8.83 Å². The van der Waals surface area contributed by atoms with Crippen LogP contribution in [0.4, 0.5) is 5.69 Å². The van der Waals surface area contributed by atoms with Gasteiger partial charge in [0.05, 0.1) is 0 Å². The summed E-state index contributed by atoms with van der Waals surface area (Å²) < 4.78 is 11.0. The van der Waals surface area contributed by atoms with Crippen molar-refractivity contribution in [2.75, 3.05) is 19.0 Å². The van der Waals surface area contributed by atoms with Gasteiger partial charge in [0, 0.05) is 30.7 Å². The zero-order valence-electron chi connectivity index (χ0n) is 13.8. The van der Waals surface area contributed by atoms with Gasteiger partial charge in [0.25, 0.3) is 5.89 Å². The molecule has 6 nitrogen and oxygen atoms in total. The maximum absolute atomic E-state index is 12.2. The molecule has 0 amide bonds. The van der Waals surface area contributed by atoms with E-state index in [1.165, 1.54) is 0 Å². The molecule has 0 spiro atoms. The molecule has 0 saturated heterocycles. The lowest BCUT2D eigenvalue weighted by atomic mass is 10.2. The monoisotopic (exact) mass is 333 g/mol. The van der Waals surface area contributed by atoms with Gasteiger partial charge in [0.15, 0.2) is 0 Å².